The van der Waals surface area contributed by atoms with Crippen LogP contribution in [0.15, 0.2) is 18.5 Å². The molecule has 13 heavy (non-hydrogen) atoms. The Morgan fingerprint density at radius 3 is 2.92 bits per heavy atom. The fraction of sp³-hybridized carbons (Fsp3) is 0.700. The van der Waals surface area contributed by atoms with Crippen molar-refractivity contribution in [2.75, 3.05) is 6.54 Å². The summed E-state index contributed by atoms with van der Waals surface area (Å²) in [4.78, 5) is 0. The quantitative estimate of drug-likeness (QED) is 0.757. The minimum atomic E-state index is 0.424. The van der Waals surface area contributed by atoms with Gasteiger partial charge in [0.15, 0.2) is 0 Å². The van der Waals surface area contributed by atoms with E-state index in [-0.39, 0.29) is 0 Å². The lowest BCUT2D eigenvalue weighted by molar-refractivity contribution is 0.206. The second kappa shape index (κ2) is 3.50. The van der Waals surface area contributed by atoms with Crippen LogP contribution >= 0.6 is 0 Å². The van der Waals surface area contributed by atoms with Gasteiger partial charge in [0.1, 0.15) is 0 Å². The van der Waals surface area contributed by atoms with E-state index < -0.39 is 0 Å². The van der Waals surface area contributed by atoms with Gasteiger partial charge >= 0.3 is 0 Å². The Morgan fingerprint density at radius 2 is 2.38 bits per heavy atom. The van der Waals surface area contributed by atoms with Gasteiger partial charge in [0.2, 0.25) is 0 Å². The summed E-state index contributed by atoms with van der Waals surface area (Å²) < 4.78 is 1.97. The Morgan fingerprint density at radius 1 is 1.54 bits per heavy atom. The molecule has 1 aromatic heterocycles. The molecule has 2 rings (SSSR count). The van der Waals surface area contributed by atoms with Crippen molar-refractivity contribution in [3.8, 4) is 0 Å². The molecule has 1 fully saturated rings. The van der Waals surface area contributed by atoms with Gasteiger partial charge in [-0.05, 0) is 32.3 Å². The van der Waals surface area contributed by atoms with E-state index in [0.29, 0.717) is 5.54 Å². The lowest BCUT2D eigenvalue weighted by Crippen LogP contribution is -2.49. The standard InChI is InChI=1S/C10H17N3/c1-10(4-2-5-10)11-7-9-13-8-3-6-12-13/h3,6,8,11H,2,4-5,7,9H2,1H3. The van der Waals surface area contributed by atoms with Crippen molar-refractivity contribution < 1.29 is 0 Å². The number of nitrogens with one attached hydrogen (secondary N) is 1. The van der Waals surface area contributed by atoms with Crippen molar-refractivity contribution in [1.29, 1.82) is 0 Å². The zero-order chi connectivity index (χ0) is 9.15. The van der Waals surface area contributed by atoms with E-state index in [1.807, 2.05) is 23.1 Å². The zero-order valence-electron chi connectivity index (χ0n) is 8.16. The summed E-state index contributed by atoms with van der Waals surface area (Å²) in [7, 11) is 0. The van der Waals surface area contributed by atoms with Crippen LogP contribution in [0, 0.1) is 0 Å². The molecule has 0 radical (unpaired) electrons. The number of hydrogen-bond acceptors (Lipinski definition) is 2. The van der Waals surface area contributed by atoms with Gasteiger partial charge in [-0.25, -0.2) is 0 Å². The Kier molecular flexibility index (Phi) is 2.36. The molecule has 1 heterocycles. The Labute approximate surface area is 79.1 Å². The van der Waals surface area contributed by atoms with Crippen molar-refractivity contribution in [3.05, 3.63) is 18.5 Å². The van der Waals surface area contributed by atoms with Crippen LogP contribution < -0.4 is 5.32 Å². The van der Waals surface area contributed by atoms with Crippen molar-refractivity contribution in [2.45, 2.75) is 38.3 Å². The highest BCUT2D eigenvalue weighted by Crippen LogP contribution is 2.30. The lowest BCUT2D eigenvalue weighted by atomic mass is 9.78. The Balaban J connectivity index is 1.69. The molecule has 3 nitrogen and oxygen atoms in total. The van der Waals surface area contributed by atoms with Crippen LogP contribution in [0.5, 0.6) is 0 Å². The number of aromatic nitrogens is 2. The van der Waals surface area contributed by atoms with E-state index in [9.17, 15) is 0 Å². The minimum Gasteiger partial charge on any atom is -0.310 e. The highest BCUT2D eigenvalue weighted by Gasteiger charge is 2.30. The first-order chi connectivity index (χ1) is 6.29. The van der Waals surface area contributed by atoms with Crippen LogP contribution in [0.3, 0.4) is 0 Å². The molecule has 0 aliphatic heterocycles. The largest absolute Gasteiger partial charge is 0.310 e. The van der Waals surface area contributed by atoms with Gasteiger partial charge in [-0.1, -0.05) is 0 Å². The first-order valence-corrected chi connectivity index (χ1v) is 5.01. The van der Waals surface area contributed by atoms with Crippen molar-refractivity contribution in [2.24, 2.45) is 0 Å². The molecule has 1 N–H and O–H groups in total. The Bertz CT molecular complexity index is 249. The molecule has 0 bridgehead atoms. The van der Waals surface area contributed by atoms with Crippen LogP contribution in [0.2, 0.25) is 0 Å². The third-order valence-corrected chi connectivity index (χ3v) is 2.91. The summed E-state index contributed by atoms with van der Waals surface area (Å²) in [6, 6.07) is 1.96. The van der Waals surface area contributed by atoms with Gasteiger partial charge in [-0.15, -0.1) is 0 Å². The molecule has 0 saturated heterocycles. The van der Waals surface area contributed by atoms with Gasteiger partial charge in [0, 0.05) is 24.5 Å². The third kappa shape index (κ3) is 2.10. The maximum atomic E-state index is 4.16. The SMILES string of the molecule is CC1(NCCn2cccn2)CCC1. The van der Waals surface area contributed by atoms with Crippen molar-refractivity contribution in [3.63, 3.8) is 0 Å². The minimum absolute atomic E-state index is 0.424. The van der Waals surface area contributed by atoms with Gasteiger partial charge in [-0.2, -0.15) is 5.10 Å². The van der Waals surface area contributed by atoms with E-state index in [0.717, 1.165) is 13.1 Å². The summed E-state index contributed by atoms with van der Waals surface area (Å²) in [6.45, 7) is 4.31. The molecule has 1 aliphatic rings. The van der Waals surface area contributed by atoms with Gasteiger partial charge in [0.05, 0.1) is 6.54 Å². The predicted molar refractivity (Wildman–Crippen MR) is 52.5 cm³/mol. The second-order valence-electron chi connectivity index (χ2n) is 4.11. The van der Waals surface area contributed by atoms with Crippen LogP contribution in [0.25, 0.3) is 0 Å². The maximum Gasteiger partial charge on any atom is 0.0534 e. The van der Waals surface area contributed by atoms with E-state index in [1.54, 1.807) is 0 Å². The predicted octanol–water partition coefficient (Wildman–Crippen LogP) is 1.42. The molecule has 1 saturated carbocycles. The molecular weight excluding hydrogens is 162 g/mol. The first kappa shape index (κ1) is 8.75. The van der Waals surface area contributed by atoms with Gasteiger partial charge in [0.25, 0.3) is 0 Å². The highest BCUT2D eigenvalue weighted by atomic mass is 15.3. The van der Waals surface area contributed by atoms with E-state index in [1.165, 1.54) is 19.3 Å². The fourth-order valence-corrected chi connectivity index (χ4v) is 1.79. The molecule has 1 aromatic rings. The zero-order valence-corrected chi connectivity index (χ0v) is 8.16. The number of hydrogen-bond donors (Lipinski definition) is 1. The van der Waals surface area contributed by atoms with Gasteiger partial charge < -0.3 is 5.32 Å². The normalized spacial score (nSPS) is 19.8. The maximum absolute atomic E-state index is 4.16. The van der Waals surface area contributed by atoms with Crippen molar-refractivity contribution >= 4 is 0 Å². The average molecular weight is 179 g/mol. The molecule has 0 amide bonds. The molecule has 1 aliphatic carbocycles. The number of nitrogens with zero attached hydrogens (tertiary/aromatic N) is 2. The summed E-state index contributed by atoms with van der Waals surface area (Å²) in [6.07, 6.45) is 7.86. The first-order valence-electron chi connectivity index (χ1n) is 5.01. The molecular formula is C10H17N3. The molecule has 0 spiro atoms. The highest BCUT2D eigenvalue weighted by molar-refractivity contribution is 4.91. The smallest absolute Gasteiger partial charge is 0.0534 e. The molecule has 72 valence electrons. The fourth-order valence-electron chi connectivity index (χ4n) is 1.79. The molecule has 0 atom stereocenters. The van der Waals surface area contributed by atoms with Gasteiger partial charge in [-0.3, -0.25) is 4.68 Å². The molecule has 0 aromatic carbocycles. The summed E-state index contributed by atoms with van der Waals surface area (Å²) in [5.74, 6) is 0. The average Bonchev–Trinajstić information content (AvgIpc) is 2.54. The van der Waals surface area contributed by atoms with Crippen LogP contribution in [0.1, 0.15) is 26.2 Å². The third-order valence-electron chi connectivity index (χ3n) is 2.91. The summed E-state index contributed by atoms with van der Waals surface area (Å²) in [5, 5.41) is 7.73. The van der Waals surface area contributed by atoms with E-state index in [4.69, 9.17) is 0 Å². The molecule has 3 heteroatoms. The van der Waals surface area contributed by atoms with E-state index in [2.05, 4.69) is 17.3 Å². The Hall–Kier alpha value is -0.830. The topological polar surface area (TPSA) is 29.9 Å². The molecule has 0 unspecified atom stereocenters. The van der Waals surface area contributed by atoms with Crippen molar-refractivity contribution in [1.82, 2.24) is 15.1 Å². The summed E-state index contributed by atoms with van der Waals surface area (Å²) >= 11 is 0. The monoisotopic (exact) mass is 179 g/mol. The second-order valence-corrected chi connectivity index (χ2v) is 4.11. The van der Waals surface area contributed by atoms with Crippen LogP contribution in [-0.4, -0.2) is 21.9 Å². The van der Waals surface area contributed by atoms with Crippen LogP contribution in [-0.2, 0) is 6.54 Å². The number of rotatable bonds is 4. The van der Waals surface area contributed by atoms with E-state index >= 15 is 0 Å². The van der Waals surface area contributed by atoms with Crippen LogP contribution in [0.4, 0.5) is 0 Å². The lowest BCUT2D eigenvalue weighted by Gasteiger charge is -2.39. The summed E-state index contributed by atoms with van der Waals surface area (Å²) in [5.41, 5.74) is 0.424.